The topological polar surface area (TPSA) is 60.2 Å². The number of hydrogen-bond acceptors (Lipinski definition) is 5. The normalized spacial score (nSPS) is 11.4. The van der Waals surface area contributed by atoms with Crippen LogP contribution < -0.4 is 10.1 Å². The molecule has 25 heavy (non-hydrogen) atoms. The van der Waals surface area contributed by atoms with E-state index in [1.54, 1.807) is 31.4 Å². The molecule has 5 nitrogen and oxygen atoms in total. The van der Waals surface area contributed by atoms with Crippen LogP contribution in [0.5, 0.6) is 5.75 Å². The number of nitrogens with one attached hydrogen (secondary N) is 1. The van der Waals surface area contributed by atoms with Gasteiger partial charge in [0.15, 0.2) is 0 Å². The van der Waals surface area contributed by atoms with Gasteiger partial charge >= 0.3 is 6.18 Å². The molecule has 0 saturated carbocycles. The van der Waals surface area contributed by atoms with Crippen molar-refractivity contribution in [2.75, 3.05) is 12.4 Å². The Morgan fingerprint density at radius 2 is 1.72 bits per heavy atom. The molecule has 8 heteroatoms. The van der Waals surface area contributed by atoms with Crippen molar-refractivity contribution < 1.29 is 22.4 Å². The first kappa shape index (κ1) is 16.8. The quantitative estimate of drug-likeness (QED) is 0.741. The number of ether oxygens (including phenoxy) is 1. The van der Waals surface area contributed by atoms with Gasteiger partial charge < -0.3 is 14.6 Å². The van der Waals surface area contributed by atoms with Crippen molar-refractivity contribution in [2.24, 2.45) is 0 Å². The molecule has 1 aromatic heterocycles. The summed E-state index contributed by atoms with van der Waals surface area (Å²) in [5.74, 6) is 1.47. The Bertz CT molecular complexity index is 828. The number of hydrogen-bond donors (Lipinski definition) is 1. The highest BCUT2D eigenvalue weighted by Gasteiger charge is 2.29. The first-order valence-corrected chi connectivity index (χ1v) is 7.34. The van der Waals surface area contributed by atoms with Crippen molar-refractivity contribution in [3.63, 3.8) is 0 Å². The summed E-state index contributed by atoms with van der Waals surface area (Å²) < 4.78 is 47.8. The lowest BCUT2D eigenvalue weighted by Crippen LogP contribution is -2.05. The standard InChI is InChI=1S/C17H14F3N3O2/c1-24-14-8-2-11(3-9-14)16-22-15(25-23-16)10-21-13-6-4-12(5-7-13)17(18,19)20/h2-9,21H,10H2,1H3. The second-order valence-electron chi connectivity index (χ2n) is 5.17. The minimum Gasteiger partial charge on any atom is -0.497 e. The molecular weight excluding hydrogens is 335 g/mol. The summed E-state index contributed by atoms with van der Waals surface area (Å²) in [6, 6.07) is 11.9. The third-order valence-electron chi connectivity index (χ3n) is 3.47. The van der Waals surface area contributed by atoms with Crippen LogP contribution in [0.25, 0.3) is 11.4 Å². The zero-order chi connectivity index (χ0) is 17.9. The Labute approximate surface area is 141 Å². The van der Waals surface area contributed by atoms with Gasteiger partial charge in [-0.2, -0.15) is 18.2 Å². The third kappa shape index (κ3) is 4.09. The highest BCUT2D eigenvalue weighted by molar-refractivity contribution is 5.55. The zero-order valence-corrected chi connectivity index (χ0v) is 13.2. The molecule has 3 aromatic rings. The maximum atomic E-state index is 12.5. The molecule has 0 amide bonds. The van der Waals surface area contributed by atoms with Crippen molar-refractivity contribution >= 4 is 5.69 Å². The van der Waals surface area contributed by atoms with Crippen molar-refractivity contribution in [2.45, 2.75) is 12.7 Å². The van der Waals surface area contributed by atoms with E-state index in [-0.39, 0.29) is 6.54 Å². The molecule has 0 radical (unpaired) electrons. The average molecular weight is 349 g/mol. The Morgan fingerprint density at radius 3 is 2.32 bits per heavy atom. The number of aromatic nitrogens is 2. The van der Waals surface area contributed by atoms with Gasteiger partial charge in [-0.1, -0.05) is 5.16 Å². The molecule has 0 fully saturated rings. The van der Waals surface area contributed by atoms with Crippen molar-refractivity contribution in [3.05, 3.63) is 60.0 Å². The minimum atomic E-state index is -4.35. The highest BCUT2D eigenvalue weighted by atomic mass is 19.4. The van der Waals surface area contributed by atoms with E-state index in [1.807, 2.05) is 0 Å². The molecule has 1 N–H and O–H groups in total. The molecule has 0 saturated heterocycles. The fourth-order valence-corrected chi connectivity index (χ4v) is 2.14. The first-order valence-electron chi connectivity index (χ1n) is 7.34. The molecule has 0 aliphatic rings. The van der Waals surface area contributed by atoms with E-state index >= 15 is 0 Å². The molecule has 0 unspecified atom stereocenters. The van der Waals surface area contributed by atoms with Crippen LogP contribution in [-0.2, 0) is 12.7 Å². The van der Waals surface area contributed by atoms with Gasteiger partial charge in [0.1, 0.15) is 5.75 Å². The van der Waals surface area contributed by atoms with Crippen molar-refractivity contribution in [3.8, 4) is 17.1 Å². The highest BCUT2D eigenvalue weighted by Crippen LogP contribution is 2.29. The zero-order valence-electron chi connectivity index (χ0n) is 13.2. The minimum absolute atomic E-state index is 0.203. The lowest BCUT2D eigenvalue weighted by atomic mass is 10.2. The molecule has 0 bridgehead atoms. The summed E-state index contributed by atoms with van der Waals surface area (Å²) in [4.78, 5) is 4.25. The molecule has 0 aliphatic carbocycles. The number of anilines is 1. The van der Waals surface area contributed by atoms with Crippen LogP contribution in [0.3, 0.4) is 0 Å². The predicted octanol–water partition coefficient (Wildman–Crippen LogP) is 4.38. The van der Waals surface area contributed by atoms with E-state index in [0.29, 0.717) is 17.4 Å². The number of halogens is 3. The summed E-state index contributed by atoms with van der Waals surface area (Å²) in [6.45, 7) is 0.203. The SMILES string of the molecule is COc1ccc(-c2noc(CNc3ccc(C(F)(F)F)cc3)n2)cc1. The van der Waals surface area contributed by atoms with Crippen LogP contribution >= 0.6 is 0 Å². The fraction of sp³-hybridized carbons (Fsp3) is 0.176. The number of benzene rings is 2. The maximum Gasteiger partial charge on any atom is 0.416 e. The predicted molar refractivity (Wildman–Crippen MR) is 85.1 cm³/mol. The van der Waals surface area contributed by atoms with Gasteiger partial charge in [-0.3, -0.25) is 0 Å². The van der Waals surface area contributed by atoms with Gasteiger partial charge in [0.2, 0.25) is 11.7 Å². The van der Waals surface area contributed by atoms with E-state index < -0.39 is 11.7 Å². The monoisotopic (exact) mass is 349 g/mol. The molecule has 0 spiro atoms. The lowest BCUT2D eigenvalue weighted by molar-refractivity contribution is -0.137. The van der Waals surface area contributed by atoms with Crippen LogP contribution in [-0.4, -0.2) is 17.3 Å². The van der Waals surface area contributed by atoms with Crippen LogP contribution in [0, 0.1) is 0 Å². The second-order valence-corrected chi connectivity index (χ2v) is 5.17. The second kappa shape index (κ2) is 6.84. The number of nitrogens with zero attached hydrogens (tertiary/aromatic N) is 2. The van der Waals surface area contributed by atoms with Crippen LogP contribution in [0.2, 0.25) is 0 Å². The number of methoxy groups -OCH3 is 1. The molecule has 0 atom stereocenters. The third-order valence-corrected chi connectivity index (χ3v) is 3.47. The summed E-state index contributed by atoms with van der Waals surface area (Å²) >= 11 is 0. The van der Waals surface area contributed by atoms with Gasteiger partial charge in [0.25, 0.3) is 0 Å². The Morgan fingerprint density at radius 1 is 1.04 bits per heavy atom. The molecule has 0 aliphatic heterocycles. The summed E-state index contributed by atoms with van der Waals surface area (Å²) in [7, 11) is 1.58. The summed E-state index contributed by atoms with van der Waals surface area (Å²) in [6.07, 6.45) is -4.35. The van der Waals surface area contributed by atoms with Gasteiger partial charge in [-0.05, 0) is 48.5 Å². The molecule has 3 rings (SSSR count). The van der Waals surface area contributed by atoms with Crippen LogP contribution in [0.15, 0.2) is 53.1 Å². The van der Waals surface area contributed by atoms with Crippen molar-refractivity contribution in [1.29, 1.82) is 0 Å². The van der Waals surface area contributed by atoms with E-state index in [0.717, 1.165) is 23.4 Å². The average Bonchev–Trinajstić information content (AvgIpc) is 3.09. The lowest BCUT2D eigenvalue weighted by Gasteiger charge is -2.08. The van der Waals surface area contributed by atoms with E-state index in [1.165, 1.54) is 12.1 Å². The largest absolute Gasteiger partial charge is 0.497 e. The smallest absolute Gasteiger partial charge is 0.416 e. The summed E-state index contributed by atoms with van der Waals surface area (Å²) in [5.41, 5.74) is 0.597. The van der Waals surface area contributed by atoms with Gasteiger partial charge in [-0.25, -0.2) is 0 Å². The van der Waals surface area contributed by atoms with E-state index in [9.17, 15) is 13.2 Å². The molecular formula is C17H14F3N3O2. The molecule has 130 valence electrons. The van der Waals surface area contributed by atoms with Gasteiger partial charge in [-0.15, -0.1) is 0 Å². The maximum absolute atomic E-state index is 12.5. The van der Waals surface area contributed by atoms with Gasteiger partial charge in [0, 0.05) is 11.3 Å². The fourth-order valence-electron chi connectivity index (χ4n) is 2.14. The summed E-state index contributed by atoms with van der Waals surface area (Å²) in [5, 5.41) is 6.82. The molecule has 2 aromatic carbocycles. The number of rotatable bonds is 5. The number of alkyl halides is 3. The first-order chi connectivity index (χ1) is 12.0. The Hall–Kier alpha value is -3.03. The van der Waals surface area contributed by atoms with E-state index in [2.05, 4.69) is 15.5 Å². The van der Waals surface area contributed by atoms with Gasteiger partial charge in [0.05, 0.1) is 19.2 Å². The Kier molecular flexibility index (Phi) is 4.60. The van der Waals surface area contributed by atoms with Crippen molar-refractivity contribution in [1.82, 2.24) is 10.1 Å². The van der Waals surface area contributed by atoms with E-state index in [4.69, 9.17) is 9.26 Å². The van der Waals surface area contributed by atoms with Crippen LogP contribution in [0.4, 0.5) is 18.9 Å². The van der Waals surface area contributed by atoms with Crippen LogP contribution in [0.1, 0.15) is 11.5 Å². The molecule has 1 heterocycles. The Balaban J connectivity index is 1.63.